The average Bonchev–Trinajstić information content (AvgIpc) is 1.98. The van der Waals surface area contributed by atoms with E-state index in [4.69, 9.17) is 0 Å². The van der Waals surface area contributed by atoms with Gasteiger partial charge in [0, 0.05) is 5.41 Å². The summed E-state index contributed by atoms with van der Waals surface area (Å²) in [5.41, 5.74) is 0.981. The van der Waals surface area contributed by atoms with Gasteiger partial charge in [-0.2, -0.15) is 0 Å². The van der Waals surface area contributed by atoms with E-state index in [1.807, 2.05) is 19.1 Å². The largest absolute Gasteiger partial charge is 0.508 e. The molecule has 0 saturated carbocycles. The lowest BCUT2D eigenvalue weighted by Crippen LogP contribution is -2.12. The summed E-state index contributed by atoms with van der Waals surface area (Å²) < 4.78 is 0. The second kappa shape index (κ2) is 2.57. The number of hydrogen-bond donors (Lipinski definition) is 1. The Morgan fingerprint density at radius 2 is 2.36 bits per heavy atom. The minimum absolute atomic E-state index is 0.0380. The first-order valence-corrected chi connectivity index (χ1v) is 3.80. The van der Waals surface area contributed by atoms with Crippen molar-refractivity contribution in [2.24, 2.45) is 5.41 Å². The Labute approximate surface area is 67.7 Å². The van der Waals surface area contributed by atoms with Gasteiger partial charge in [-0.3, -0.25) is 0 Å². The second-order valence-electron chi connectivity index (χ2n) is 3.33. The van der Waals surface area contributed by atoms with E-state index in [9.17, 15) is 5.11 Å². The molecule has 1 rings (SSSR count). The molecule has 1 aliphatic rings. The number of rotatable bonds is 1. The Morgan fingerprint density at radius 3 is 2.82 bits per heavy atom. The summed E-state index contributed by atoms with van der Waals surface area (Å²) >= 11 is 0. The first kappa shape index (κ1) is 8.12. The Bertz CT molecular complexity index is 235. The van der Waals surface area contributed by atoms with E-state index in [1.165, 1.54) is 0 Å². The van der Waals surface area contributed by atoms with E-state index in [0.717, 1.165) is 12.0 Å². The molecule has 0 fully saturated rings. The Balaban J connectivity index is 2.93. The molecule has 0 radical (unpaired) electrons. The van der Waals surface area contributed by atoms with E-state index < -0.39 is 0 Å². The maximum atomic E-state index is 9.26. The highest BCUT2D eigenvalue weighted by atomic mass is 16.3. The van der Waals surface area contributed by atoms with Gasteiger partial charge in [-0.1, -0.05) is 19.1 Å². The summed E-state index contributed by atoms with van der Waals surface area (Å²) in [6.07, 6.45) is 6.66. The van der Waals surface area contributed by atoms with Gasteiger partial charge < -0.3 is 5.11 Å². The van der Waals surface area contributed by atoms with Crippen molar-refractivity contribution in [1.29, 1.82) is 0 Å². The quantitative estimate of drug-likeness (QED) is 0.570. The lowest BCUT2D eigenvalue weighted by atomic mass is 9.81. The van der Waals surface area contributed by atoms with Crippen molar-refractivity contribution in [3.05, 3.63) is 36.1 Å². The van der Waals surface area contributed by atoms with Gasteiger partial charge in [0.1, 0.15) is 5.76 Å². The van der Waals surface area contributed by atoms with E-state index in [1.54, 1.807) is 0 Å². The molecular weight excluding hydrogens is 136 g/mol. The van der Waals surface area contributed by atoms with Gasteiger partial charge in [0.05, 0.1) is 0 Å². The van der Waals surface area contributed by atoms with Crippen LogP contribution in [0.5, 0.6) is 0 Å². The Hall–Kier alpha value is -0.980. The third kappa shape index (κ3) is 1.53. The van der Waals surface area contributed by atoms with Crippen LogP contribution in [0.2, 0.25) is 0 Å². The van der Waals surface area contributed by atoms with E-state index >= 15 is 0 Å². The number of hydrogen-bond acceptors (Lipinski definition) is 1. The average molecular weight is 150 g/mol. The fraction of sp³-hybridized carbons (Fsp3) is 0.400. The normalized spacial score (nSPS) is 30.7. The Morgan fingerprint density at radius 1 is 1.73 bits per heavy atom. The highest BCUT2D eigenvalue weighted by Crippen LogP contribution is 2.32. The summed E-state index contributed by atoms with van der Waals surface area (Å²) in [6, 6.07) is 0. The van der Waals surface area contributed by atoms with Crippen LogP contribution in [0.3, 0.4) is 0 Å². The topological polar surface area (TPSA) is 20.2 Å². The van der Waals surface area contributed by atoms with Gasteiger partial charge in [0.25, 0.3) is 0 Å². The van der Waals surface area contributed by atoms with Crippen LogP contribution in [0.4, 0.5) is 0 Å². The zero-order valence-corrected chi connectivity index (χ0v) is 7.09. The van der Waals surface area contributed by atoms with E-state index in [0.29, 0.717) is 5.76 Å². The minimum atomic E-state index is 0.0380. The molecule has 0 aromatic carbocycles. The van der Waals surface area contributed by atoms with Crippen molar-refractivity contribution in [3.8, 4) is 0 Å². The highest BCUT2D eigenvalue weighted by molar-refractivity contribution is 5.31. The van der Waals surface area contributed by atoms with Crippen molar-refractivity contribution < 1.29 is 5.11 Å². The molecule has 1 nitrogen and oxygen atoms in total. The van der Waals surface area contributed by atoms with Crippen molar-refractivity contribution in [2.45, 2.75) is 20.3 Å². The molecule has 1 heteroatoms. The molecule has 0 bridgehead atoms. The van der Waals surface area contributed by atoms with Crippen LogP contribution in [0.15, 0.2) is 36.1 Å². The van der Waals surface area contributed by atoms with Crippen LogP contribution < -0.4 is 0 Å². The maximum Gasteiger partial charge on any atom is 0.114 e. The number of allylic oxidation sites excluding steroid dienone is 4. The standard InChI is InChI=1S/C10H14O/c1-4-10(3)6-5-9(11)8(2)7-10/h4-5,7,11H,1,6H2,2-3H3. The summed E-state index contributed by atoms with van der Waals surface area (Å²) in [5.74, 6) is 0.407. The van der Waals surface area contributed by atoms with Crippen LogP contribution in [-0.2, 0) is 0 Å². The van der Waals surface area contributed by atoms with Crippen LogP contribution >= 0.6 is 0 Å². The minimum Gasteiger partial charge on any atom is -0.508 e. The maximum absolute atomic E-state index is 9.26. The number of aliphatic hydroxyl groups excluding tert-OH is 1. The zero-order chi connectivity index (χ0) is 8.48. The molecule has 0 spiro atoms. The smallest absolute Gasteiger partial charge is 0.114 e. The Kier molecular flexibility index (Phi) is 1.90. The van der Waals surface area contributed by atoms with Gasteiger partial charge in [-0.25, -0.2) is 0 Å². The van der Waals surface area contributed by atoms with Crippen molar-refractivity contribution in [1.82, 2.24) is 0 Å². The first-order chi connectivity index (χ1) is 5.07. The first-order valence-electron chi connectivity index (χ1n) is 3.80. The van der Waals surface area contributed by atoms with Gasteiger partial charge >= 0.3 is 0 Å². The molecule has 0 saturated heterocycles. The molecular formula is C10H14O. The fourth-order valence-corrected chi connectivity index (χ4v) is 1.25. The third-order valence-corrected chi connectivity index (χ3v) is 2.15. The van der Waals surface area contributed by atoms with Crippen molar-refractivity contribution >= 4 is 0 Å². The molecule has 1 N–H and O–H groups in total. The monoisotopic (exact) mass is 150 g/mol. The summed E-state index contributed by atoms with van der Waals surface area (Å²) in [6.45, 7) is 7.77. The van der Waals surface area contributed by atoms with E-state index in [-0.39, 0.29) is 5.41 Å². The second-order valence-corrected chi connectivity index (χ2v) is 3.33. The van der Waals surface area contributed by atoms with Gasteiger partial charge in [-0.05, 0) is 25.0 Å². The summed E-state index contributed by atoms with van der Waals surface area (Å²) in [5, 5.41) is 9.26. The molecule has 0 heterocycles. The van der Waals surface area contributed by atoms with Crippen LogP contribution in [0, 0.1) is 5.41 Å². The predicted molar refractivity (Wildman–Crippen MR) is 47.4 cm³/mol. The molecule has 0 aromatic rings. The zero-order valence-electron chi connectivity index (χ0n) is 7.09. The SMILES string of the molecule is C=CC1(C)C=C(C)C(O)=CC1. The van der Waals surface area contributed by atoms with Crippen LogP contribution in [-0.4, -0.2) is 5.11 Å². The molecule has 1 aliphatic carbocycles. The lowest BCUT2D eigenvalue weighted by molar-refractivity contribution is 0.401. The van der Waals surface area contributed by atoms with Gasteiger partial charge in [0.15, 0.2) is 0 Å². The molecule has 0 amide bonds. The highest BCUT2D eigenvalue weighted by Gasteiger charge is 2.20. The van der Waals surface area contributed by atoms with Crippen LogP contribution in [0.25, 0.3) is 0 Å². The van der Waals surface area contributed by atoms with Gasteiger partial charge in [-0.15, -0.1) is 6.58 Å². The fourth-order valence-electron chi connectivity index (χ4n) is 1.25. The van der Waals surface area contributed by atoms with Crippen LogP contribution in [0.1, 0.15) is 20.3 Å². The predicted octanol–water partition coefficient (Wildman–Crippen LogP) is 2.97. The van der Waals surface area contributed by atoms with E-state index in [2.05, 4.69) is 19.6 Å². The third-order valence-electron chi connectivity index (χ3n) is 2.15. The molecule has 1 unspecified atom stereocenters. The van der Waals surface area contributed by atoms with Gasteiger partial charge in [0.2, 0.25) is 0 Å². The van der Waals surface area contributed by atoms with Crippen molar-refractivity contribution in [3.63, 3.8) is 0 Å². The summed E-state index contributed by atoms with van der Waals surface area (Å²) in [4.78, 5) is 0. The molecule has 0 aliphatic heterocycles. The summed E-state index contributed by atoms with van der Waals surface area (Å²) in [7, 11) is 0. The number of aliphatic hydroxyl groups is 1. The lowest BCUT2D eigenvalue weighted by Gasteiger charge is -2.24. The molecule has 60 valence electrons. The molecule has 1 atom stereocenters. The molecule has 11 heavy (non-hydrogen) atoms. The molecule has 0 aromatic heterocycles. The van der Waals surface area contributed by atoms with Crippen molar-refractivity contribution in [2.75, 3.05) is 0 Å².